The van der Waals surface area contributed by atoms with Crippen molar-refractivity contribution in [2.24, 2.45) is 5.92 Å². The summed E-state index contributed by atoms with van der Waals surface area (Å²) in [5, 5.41) is 3.50. The summed E-state index contributed by atoms with van der Waals surface area (Å²) >= 11 is 0. The highest BCUT2D eigenvalue weighted by molar-refractivity contribution is 5.99. The maximum atomic E-state index is 13.1. The number of carbonyl (C=O) groups is 2. The average molecular weight is 383 g/mol. The molecule has 0 bridgehead atoms. The van der Waals surface area contributed by atoms with Crippen LogP contribution in [0.1, 0.15) is 36.5 Å². The van der Waals surface area contributed by atoms with Crippen LogP contribution in [0.5, 0.6) is 0 Å². The molecule has 2 fully saturated rings. The zero-order valence-corrected chi connectivity index (χ0v) is 16.1. The summed E-state index contributed by atoms with van der Waals surface area (Å²) in [4.78, 5) is 39.3. The van der Waals surface area contributed by atoms with Gasteiger partial charge < -0.3 is 19.5 Å². The van der Waals surface area contributed by atoms with Gasteiger partial charge in [-0.05, 0) is 43.9 Å². The maximum Gasteiger partial charge on any atom is 0.343 e. The molecule has 7 heteroatoms. The van der Waals surface area contributed by atoms with E-state index >= 15 is 0 Å². The first kappa shape index (κ1) is 18.7. The number of rotatable bonds is 5. The van der Waals surface area contributed by atoms with Gasteiger partial charge in [0, 0.05) is 36.9 Å². The molecule has 1 saturated heterocycles. The van der Waals surface area contributed by atoms with E-state index in [0.717, 1.165) is 24.9 Å². The molecular formula is C21H25N3O4. The molecule has 0 spiro atoms. The average Bonchev–Trinajstić information content (AvgIpc) is 2.66. The van der Waals surface area contributed by atoms with Crippen LogP contribution in [-0.4, -0.2) is 42.7 Å². The smallest absolute Gasteiger partial charge is 0.343 e. The summed E-state index contributed by atoms with van der Waals surface area (Å²) in [7, 11) is 0. The zero-order valence-electron chi connectivity index (χ0n) is 16.1. The Labute approximate surface area is 163 Å². The van der Waals surface area contributed by atoms with Crippen LogP contribution < -0.4 is 15.6 Å². The monoisotopic (exact) mass is 383 g/mol. The fourth-order valence-electron chi connectivity index (χ4n) is 3.89. The maximum absolute atomic E-state index is 13.1. The number of hydrogen-bond acceptors (Lipinski definition) is 5. The van der Waals surface area contributed by atoms with Crippen molar-refractivity contribution in [3.8, 4) is 0 Å². The predicted octanol–water partition coefficient (Wildman–Crippen LogP) is 1.91. The van der Waals surface area contributed by atoms with Crippen molar-refractivity contribution in [2.45, 2.75) is 32.7 Å². The van der Waals surface area contributed by atoms with Crippen molar-refractivity contribution in [2.75, 3.05) is 31.1 Å². The molecule has 1 aromatic carbocycles. The van der Waals surface area contributed by atoms with Crippen LogP contribution in [0.4, 0.5) is 5.69 Å². The van der Waals surface area contributed by atoms with Crippen LogP contribution in [0.25, 0.3) is 10.9 Å². The minimum atomic E-state index is -0.597. The summed E-state index contributed by atoms with van der Waals surface area (Å²) < 4.78 is 7.09. The number of hydrogen-bond donors (Lipinski definition) is 1. The van der Waals surface area contributed by atoms with E-state index < -0.39 is 5.97 Å². The van der Waals surface area contributed by atoms with E-state index in [-0.39, 0.29) is 30.1 Å². The number of aromatic nitrogens is 1. The molecule has 28 heavy (non-hydrogen) atoms. The number of benzene rings is 1. The van der Waals surface area contributed by atoms with Gasteiger partial charge in [0.05, 0.1) is 18.7 Å². The van der Waals surface area contributed by atoms with E-state index in [1.165, 1.54) is 6.42 Å². The Bertz CT molecular complexity index is 978. The lowest BCUT2D eigenvalue weighted by Crippen LogP contribution is -2.48. The van der Waals surface area contributed by atoms with Crippen LogP contribution in [0, 0.1) is 5.92 Å². The topological polar surface area (TPSA) is 80.6 Å². The third-order valence-corrected chi connectivity index (χ3v) is 5.64. The molecule has 1 aliphatic carbocycles. The second-order valence-electron chi connectivity index (χ2n) is 7.47. The SMILES string of the molecule is CCOC(=O)c1cn(CC2CCC2)c2ccc(N3CCNCC3=O)cc2c1=O. The highest BCUT2D eigenvalue weighted by atomic mass is 16.5. The number of ether oxygens (including phenoxy) is 1. The fourth-order valence-corrected chi connectivity index (χ4v) is 3.89. The van der Waals surface area contributed by atoms with Crippen LogP contribution in [0.3, 0.4) is 0 Å². The van der Waals surface area contributed by atoms with Gasteiger partial charge in [0.1, 0.15) is 5.56 Å². The Morgan fingerprint density at radius 3 is 2.79 bits per heavy atom. The first-order chi connectivity index (χ1) is 13.6. The summed E-state index contributed by atoms with van der Waals surface area (Å²) in [6.45, 7) is 4.26. The van der Waals surface area contributed by atoms with E-state index in [2.05, 4.69) is 5.32 Å². The first-order valence-corrected chi connectivity index (χ1v) is 9.94. The van der Waals surface area contributed by atoms with Crippen LogP contribution >= 0.6 is 0 Å². The molecule has 1 saturated carbocycles. The third-order valence-electron chi connectivity index (χ3n) is 5.64. The Morgan fingerprint density at radius 1 is 1.29 bits per heavy atom. The van der Waals surface area contributed by atoms with E-state index in [9.17, 15) is 14.4 Å². The van der Waals surface area contributed by atoms with Gasteiger partial charge in [0.15, 0.2) is 0 Å². The Hall–Kier alpha value is -2.67. The van der Waals surface area contributed by atoms with Crippen molar-refractivity contribution in [3.05, 3.63) is 40.2 Å². The van der Waals surface area contributed by atoms with Gasteiger partial charge in [0.25, 0.3) is 0 Å². The van der Waals surface area contributed by atoms with Crippen LogP contribution in [0.2, 0.25) is 0 Å². The van der Waals surface area contributed by atoms with Gasteiger partial charge >= 0.3 is 5.97 Å². The largest absolute Gasteiger partial charge is 0.462 e. The number of piperazine rings is 1. The van der Waals surface area contributed by atoms with Gasteiger partial charge in [-0.2, -0.15) is 0 Å². The number of pyridine rings is 1. The lowest BCUT2D eigenvalue weighted by Gasteiger charge is -2.29. The van der Waals surface area contributed by atoms with Crippen LogP contribution in [0.15, 0.2) is 29.2 Å². The van der Waals surface area contributed by atoms with Crippen molar-refractivity contribution in [1.29, 1.82) is 0 Å². The van der Waals surface area contributed by atoms with Gasteiger partial charge in [-0.3, -0.25) is 9.59 Å². The molecule has 0 unspecified atom stereocenters. The molecule has 2 heterocycles. The molecule has 1 N–H and O–H groups in total. The predicted molar refractivity (Wildman–Crippen MR) is 107 cm³/mol. The zero-order chi connectivity index (χ0) is 19.7. The van der Waals surface area contributed by atoms with Gasteiger partial charge in [-0.25, -0.2) is 4.79 Å². The molecule has 1 aliphatic heterocycles. The molecule has 1 amide bonds. The summed E-state index contributed by atoms with van der Waals surface area (Å²) in [6.07, 6.45) is 5.19. The Balaban J connectivity index is 1.83. The Morgan fingerprint density at radius 2 is 2.11 bits per heavy atom. The number of nitrogens with zero attached hydrogens (tertiary/aromatic N) is 2. The number of esters is 1. The third kappa shape index (κ3) is 3.42. The fraction of sp³-hybridized carbons (Fsp3) is 0.476. The van der Waals surface area contributed by atoms with Crippen molar-refractivity contribution >= 4 is 28.5 Å². The number of amides is 1. The van der Waals surface area contributed by atoms with Gasteiger partial charge in [-0.15, -0.1) is 0 Å². The quantitative estimate of drug-likeness (QED) is 0.798. The van der Waals surface area contributed by atoms with Crippen molar-refractivity contribution in [1.82, 2.24) is 9.88 Å². The van der Waals surface area contributed by atoms with Gasteiger partial charge in [0.2, 0.25) is 11.3 Å². The molecule has 0 radical (unpaired) electrons. The molecule has 0 atom stereocenters. The highest BCUT2D eigenvalue weighted by Gasteiger charge is 2.24. The molecule has 148 valence electrons. The number of anilines is 1. The second kappa shape index (κ2) is 7.75. The van der Waals surface area contributed by atoms with Gasteiger partial charge in [-0.1, -0.05) is 6.42 Å². The second-order valence-corrected chi connectivity index (χ2v) is 7.47. The number of carbonyl (C=O) groups excluding carboxylic acids is 2. The summed E-state index contributed by atoms with van der Waals surface area (Å²) in [5.74, 6) is -0.0578. The normalized spacial score (nSPS) is 17.6. The van der Waals surface area contributed by atoms with Crippen LogP contribution in [-0.2, 0) is 16.1 Å². The molecule has 7 nitrogen and oxygen atoms in total. The molecule has 4 rings (SSSR count). The summed E-state index contributed by atoms with van der Waals surface area (Å²) in [5.41, 5.74) is 1.18. The molecule has 2 aliphatic rings. The molecule has 2 aromatic rings. The van der Waals surface area contributed by atoms with E-state index in [1.54, 1.807) is 24.1 Å². The summed E-state index contributed by atoms with van der Waals surface area (Å²) in [6, 6.07) is 5.50. The van der Waals surface area contributed by atoms with E-state index in [0.29, 0.717) is 30.1 Å². The minimum Gasteiger partial charge on any atom is -0.462 e. The first-order valence-electron chi connectivity index (χ1n) is 9.94. The Kier molecular flexibility index (Phi) is 5.17. The van der Waals surface area contributed by atoms with E-state index in [1.807, 2.05) is 16.7 Å². The minimum absolute atomic E-state index is 0.0260. The van der Waals surface area contributed by atoms with Crippen molar-refractivity contribution < 1.29 is 14.3 Å². The van der Waals surface area contributed by atoms with E-state index in [4.69, 9.17) is 4.74 Å². The lowest BCUT2D eigenvalue weighted by molar-refractivity contribution is -0.118. The van der Waals surface area contributed by atoms with Crippen molar-refractivity contribution in [3.63, 3.8) is 0 Å². The molecule has 1 aromatic heterocycles. The number of nitrogens with one attached hydrogen (secondary N) is 1. The molecular weight excluding hydrogens is 358 g/mol. The number of fused-ring (bicyclic) bond motifs is 1. The lowest BCUT2D eigenvalue weighted by atomic mass is 9.85. The standard InChI is InChI=1S/C21H25N3O4/c1-2-28-21(27)17-13-23(12-14-4-3-5-14)18-7-6-15(10-16(18)20(17)26)24-9-8-22-11-19(24)25/h6-7,10,13-14,22H,2-5,8-9,11-12H2,1H3. The highest BCUT2D eigenvalue weighted by Crippen LogP contribution is 2.30.